The Labute approximate surface area is 103 Å². The van der Waals surface area contributed by atoms with E-state index in [1.807, 2.05) is 12.3 Å². The van der Waals surface area contributed by atoms with E-state index in [4.69, 9.17) is 11.0 Å². The van der Waals surface area contributed by atoms with Crippen LogP contribution in [0, 0.1) is 18.3 Å². The maximum Gasteiger partial charge on any atom is 0.144 e. The molecular formula is C11H11N5S. The molecule has 0 saturated heterocycles. The van der Waals surface area contributed by atoms with Gasteiger partial charge in [0.05, 0.1) is 24.0 Å². The molecular weight excluding hydrogens is 234 g/mol. The highest BCUT2D eigenvalue weighted by Crippen LogP contribution is 2.16. The summed E-state index contributed by atoms with van der Waals surface area (Å²) in [6.07, 6.45) is 1.52. The first-order chi connectivity index (χ1) is 8.19. The lowest BCUT2D eigenvalue weighted by atomic mass is 10.2. The maximum atomic E-state index is 8.95. The SMILES string of the molecule is Cc1csc(CNc2ncc(N)cc2C#N)n1. The fourth-order valence-electron chi connectivity index (χ4n) is 1.35. The minimum Gasteiger partial charge on any atom is -0.397 e. The van der Waals surface area contributed by atoms with Gasteiger partial charge in [-0.2, -0.15) is 5.26 Å². The molecule has 0 aromatic carbocycles. The highest BCUT2D eigenvalue weighted by molar-refractivity contribution is 7.09. The Bertz CT molecular complexity index is 569. The topological polar surface area (TPSA) is 87.6 Å². The van der Waals surface area contributed by atoms with Gasteiger partial charge in [-0.1, -0.05) is 0 Å². The quantitative estimate of drug-likeness (QED) is 0.862. The first kappa shape index (κ1) is 11.4. The van der Waals surface area contributed by atoms with Crippen LogP contribution < -0.4 is 11.1 Å². The van der Waals surface area contributed by atoms with Gasteiger partial charge in [0.1, 0.15) is 16.9 Å². The molecule has 0 bridgehead atoms. The Balaban J connectivity index is 2.12. The average Bonchev–Trinajstić information content (AvgIpc) is 2.73. The summed E-state index contributed by atoms with van der Waals surface area (Å²) in [5, 5.41) is 15.0. The van der Waals surface area contributed by atoms with E-state index in [0.29, 0.717) is 23.6 Å². The molecule has 2 aromatic heterocycles. The van der Waals surface area contributed by atoms with Crippen LogP contribution in [0.5, 0.6) is 0 Å². The highest BCUT2D eigenvalue weighted by Gasteiger charge is 2.05. The first-order valence-electron chi connectivity index (χ1n) is 4.99. The van der Waals surface area contributed by atoms with Crippen molar-refractivity contribution in [2.24, 2.45) is 0 Å². The third kappa shape index (κ3) is 2.71. The van der Waals surface area contributed by atoms with Gasteiger partial charge >= 0.3 is 0 Å². The molecule has 86 valence electrons. The molecule has 6 heteroatoms. The maximum absolute atomic E-state index is 8.95. The molecule has 0 aliphatic heterocycles. The molecule has 0 aliphatic carbocycles. The molecule has 5 nitrogen and oxygen atoms in total. The van der Waals surface area contributed by atoms with Crippen LogP contribution in [0.25, 0.3) is 0 Å². The van der Waals surface area contributed by atoms with Crippen molar-refractivity contribution in [3.8, 4) is 6.07 Å². The van der Waals surface area contributed by atoms with Gasteiger partial charge in [0, 0.05) is 11.1 Å². The first-order valence-corrected chi connectivity index (χ1v) is 5.87. The number of hydrogen-bond acceptors (Lipinski definition) is 6. The Kier molecular flexibility index (Phi) is 3.21. The molecule has 0 fully saturated rings. The van der Waals surface area contributed by atoms with Gasteiger partial charge in [-0.15, -0.1) is 11.3 Å². The molecule has 2 rings (SSSR count). The van der Waals surface area contributed by atoms with E-state index in [1.54, 1.807) is 17.4 Å². The van der Waals surface area contributed by atoms with Gasteiger partial charge in [-0.3, -0.25) is 0 Å². The van der Waals surface area contributed by atoms with Gasteiger partial charge in [-0.05, 0) is 13.0 Å². The van der Waals surface area contributed by atoms with Gasteiger partial charge in [-0.25, -0.2) is 9.97 Å². The van der Waals surface area contributed by atoms with Crippen LogP contribution in [0.15, 0.2) is 17.6 Å². The van der Waals surface area contributed by atoms with Crippen molar-refractivity contribution >= 4 is 22.8 Å². The molecule has 0 amide bonds. The van der Waals surface area contributed by atoms with Crippen LogP contribution in [0.4, 0.5) is 11.5 Å². The third-order valence-electron chi connectivity index (χ3n) is 2.10. The number of aromatic nitrogens is 2. The summed E-state index contributed by atoms with van der Waals surface area (Å²) in [7, 11) is 0. The van der Waals surface area contributed by atoms with Crippen molar-refractivity contribution in [2.45, 2.75) is 13.5 Å². The van der Waals surface area contributed by atoms with Crippen molar-refractivity contribution in [1.82, 2.24) is 9.97 Å². The van der Waals surface area contributed by atoms with Crippen LogP contribution >= 0.6 is 11.3 Å². The number of nitrogens with one attached hydrogen (secondary N) is 1. The number of nitrogens with two attached hydrogens (primary N) is 1. The van der Waals surface area contributed by atoms with Gasteiger partial charge in [0.15, 0.2) is 0 Å². The molecule has 17 heavy (non-hydrogen) atoms. The van der Waals surface area contributed by atoms with E-state index in [0.717, 1.165) is 10.7 Å². The summed E-state index contributed by atoms with van der Waals surface area (Å²) in [5.74, 6) is 0.537. The normalized spacial score (nSPS) is 9.88. The number of nitrogen functional groups attached to an aromatic ring is 1. The average molecular weight is 245 g/mol. The minimum atomic E-state index is 0.443. The van der Waals surface area contributed by atoms with Crippen molar-refractivity contribution in [3.63, 3.8) is 0 Å². The van der Waals surface area contributed by atoms with E-state index in [-0.39, 0.29) is 0 Å². The zero-order valence-electron chi connectivity index (χ0n) is 9.27. The smallest absolute Gasteiger partial charge is 0.144 e. The summed E-state index contributed by atoms with van der Waals surface area (Å²) >= 11 is 1.58. The molecule has 0 atom stereocenters. The number of thiazole rings is 1. The monoisotopic (exact) mass is 245 g/mol. The molecule has 0 saturated carbocycles. The number of hydrogen-bond donors (Lipinski definition) is 2. The molecule has 0 unspecified atom stereocenters. The van der Waals surface area contributed by atoms with Gasteiger partial charge < -0.3 is 11.1 Å². The Morgan fingerprint density at radius 3 is 3.06 bits per heavy atom. The number of pyridine rings is 1. The van der Waals surface area contributed by atoms with E-state index >= 15 is 0 Å². The van der Waals surface area contributed by atoms with Crippen LogP contribution in [-0.2, 0) is 6.54 Å². The number of nitriles is 1. The Morgan fingerprint density at radius 2 is 2.41 bits per heavy atom. The summed E-state index contributed by atoms with van der Waals surface area (Å²) in [6.45, 7) is 2.51. The highest BCUT2D eigenvalue weighted by atomic mass is 32.1. The minimum absolute atomic E-state index is 0.443. The second-order valence-corrected chi connectivity index (χ2v) is 4.46. The predicted octanol–water partition coefficient (Wildman–Crippen LogP) is 1.91. The number of anilines is 2. The molecule has 2 heterocycles. The third-order valence-corrected chi connectivity index (χ3v) is 3.07. The number of rotatable bonds is 3. The van der Waals surface area contributed by atoms with Crippen molar-refractivity contribution < 1.29 is 0 Å². The van der Waals surface area contributed by atoms with Crippen molar-refractivity contribution in [2.75, 3.05) is 11.1 Å². The molecule has 3 N–H and O–H groups in total. The zero-order valence-corrected chi connectivity index (χ0v) is 10.1. The lowest BCUT2D eigenvalue weighted by Gasteiger charge is -2.05. The lowest BCUT2D eigenvalue weighted by Crippen LogP contribution is -2.04. The van der Waals surface area contributed by atoms with Crippen molar-refractivity contribution in [1.29, 1.82) is 5.26 Å². The van der Waals surface area contributed by atoms with E-state index in [2.05, 4.69) is 21.4 Å². The number of nitrogens with zero attached hydrogens (tertiary/aromatic N) is 3. The Morgan fingerprint density at radius 1 is 1.59 bits per heavy atom. The second-order valence-electron chi connectivity index (χ2n) is 3.51. The standard InChI is InChI=1S/C11H11N5S/c1-7-6-17-10(16-7)5-15-11-8(3-12)2-9(13)4-14-11/h2,4,6H,5,13H2,1H3,(H,14,15). The zero-order chi connectivity index (χ0) is 12.3. The fraction of sp³-hybridized carbons (Fsp3) is 0.182. The number of aryl methyl sites for hydroxylation is 1. The van der Waals surface area contributed by atoms with Crippen LogP contribution in [0.3, 0.4) is 0 Å². The molecule has 0 radical (unpaired) electrons. The van der Waals surface area contributed by atoms with Gasteiger partial charge in [0.25, 0.3) is 0 Å². The predicted molar refractivity (Wildman–Crippen MR) is 67.5 cm³/mol. The lowest BCUT2D eigenvalue weighted by molar-refractivity contribution is 1.06. The summed E-state index contributed by atoms with van der Waals surface area (Å²) in [5.41, 5.74) is 7.49. The Hall–Kier alpha value is -2.13. The summed E-state index contributed by atoms with van der Waals surface area (Å²) < 4.78 is 0. The summed E-state index contributed by atoms with van der Waals surface area (Å²) in [4.78, 5) is 8.41. The van der Waals surface area contributed by atoms with Crippen molar-refractivity contribution in [3.05, 3.63) is 33.9 Å². The molecule has 0 aliphatic rings. The van der Waals surface area contributed by atoms with Crippen LogP contribution in [-0.4, -0.2) is 9.97 Å². The van der Waals surface area contributed by atoms with E-state index in [9.17, 15) is 0 Å². The molecule has 2 aromatic rings. The summed E-state index contributed by atoms with van der Waals surface area (Å²) in [6, 6.07) is 3.66. The largest absolute Gasteiger partial charge is 0.397 e. The second kappa shape index (κ2) is 4.80. The van der Waals surface area contributed by atoms with Crippen LogP contribution in [0.1, 0.15) is 16.3 Å². The van der Waals surface area contributed by atoms with E-state index in [1.165, 1.54) is 6.20 Å². The fourth-order valence-corrected chi connectivity index (χ4v) is 2.06. The van der Waals surface area contributed by atoms with E-state index < -0.39 is 0 Å². The van der Waals surface area contributed by atoms with Gasteiger partial charge in [0.2, 0.25) is 0 Å². The van der Waals surface area contributed by atoms with Crippen LogP contribution in [0.2, 0.25) is 0 Å². The molecule has 0 spiro atoms.